The number of halogens is 1. The van der Waals surface area contributed by atoms with Gasteiger partial charge in [-0.25, -0.2) is 0 Å². The molecule has 0 saturated heterocycles. The van der Waals surface area contributed by atoms with Gasteiger partial charge < -0.3 is 9.84 Å². The molecule has 3 nitrogen and oxygen atoms in total. The van der Waals surface area contributed by atoms with Gasteiger partial charge in [-0.15, -0.1) is 0 Å². The second-order valence-corrected chi connectivity index (χ2v) is 5.86. The topological polar surface area (TPSA) is 46.5 Å². The molecule has 0 aliphatic rings. The summed E-state index contributed by atoms with van der Waals surface area (Å²) >= 11 is 5.83. The van der Waals surface area contributed by atoms with E-state index in [1.165, 1.54) is 0 Å². The Hall–Kier alpha value is -1.06. The average Bonchev–Trinajstić information content (AvgIpc) is 2.32. The lowest BCUT2D eigenvalue weighted by molar-refractivity contribution is -0.168. The van der Waals surface area contributed by atoms with Crippen LogP contribution in [-0.4, -0.2) is 23.3 Å². The van der Waals surface area contributed by atoms with Crippen LogP contribution in [0.25, 0.3) is 0 Å². The third-order valence-electron chi connectivity index (χ3n) is 3.59. The molecule has 0 spiro atoms. The van der Waals surface area contributed by atoms with Crippen LogP contribution in [0.1, 0.15) is 33.3 Å². The van der Waals surface area contributed by atoms with Gasteiger partial charge in [0.05, 0.1) is 17.6 Å². The maximum Gasteiger partial charge on any atom is 0.314 e. The van der Waals surface area contributed by atoms with Crippen LogP contribution in [0.2, 0.25) is 5.02 Å². The summed E-state index contributed by atoms with van der Waals surface area (Å²) in [7, 11) is 0. The lowest BCUT2D eigenvalue weighted by atomic mass is 9.73. The van der Waals surface area contributed by atoms with Crippen molar-refractivity contribution in [3.63, 3.8) is 0 Å². The SMILES string of the molecule is CCOC(=O)C(C)(C)C(C)(O)Cc1ccc(Cl)cc1. The largest absolute Gasteiger partial charge is 0.465 e. The van der Waals surface area contributed by atoms with Crippen molar-refractivity contribution >= 4 is 17.6 Å². The highest BCUT2D eigenvalue weighted by atomic mass is 35.5. The zero-order valence-electron chi connectivity index (χ0n) is 11.9. The van der Waals surface area contributed by atoms with Crippen molar-refractivity contribution in [3.8, 4) is 0 Å². The summed E-state index contributed by atoms with van der Waals surface area (Å²) in [5.74, 6) is -0.394. The number of esters is 1. The quantitative estimate of drug-likeness (QED) is 0.845. The Kier molecular flexibility index (Phi) is 4.99. The van der Waals surface area contributed by atoms with E-state index in [1.807, 2.05) is 12.1 Å². The number of benzene rings is 1. The van der Waals surface area contributed by atoms with Crippen LogP contribution >= 0.6 is 11.6 Å². The van der Waals surface area contributed by atoms with Gasteiger partial charge in [0.15, 0.2) is 0 Å². The molecular formula is C15H21ClO3. The predicted octanol–water partition coefficient (Wildman–Crippen LogP) is 3.22. The van der Waals surface area contributed by atoms with Gasteiger partial charge in [-0.05, 0) is 45.4 Å². The van der Waals surface area contributed by atoms with Gasteiger partial charge in [-0.1, -0.05) is 23.7 Å². The minimum absolute atomic E-state index is 0.305. The molecule has 0 saturated carbocycles. The molecule has 0 aromatic heterocycles. The first-order valence-electron chi connectivity index (χ1n) is 6.35. The van der Waals surface area contributed by atoms with E-state index in [9.17, 15) is 9.90 Å². The summed E-state index contributed by atoms with van der Waals surface area (Å²) in [6, 6.07) is 7.23. The Bertz CT molecular complexity index is 435. The molecule has 0 aliphatic carbocycles. The first-order valence-corrected chi connectivity index (χ1v) is 6.72. The molecule has 1 rings (SSSR count). The van der Waals surface area contributed by atoms with Crippen molar-refractivity contribution in [3.05, 3.63) is 34.9 Å². The number of hydrogen-bond donors (Lipinski definition) is 1. The maximum absolute atomic E-state index is 12.0. The third-order valence-corrected chi connectivity index (χ3v) is 3.85. The summed E-state index contributed by atoms with van der Waals surface area (Å²) in [4.78, 5) is 12.0. The molecule has 0 aliphatic heterocycles. The van der Waals surface area contributed by atoms with Crippen molar-refractivity contribution in [2.45, 2.75) is 39.7 Å². The van der Waals surface area contributed by atoms with E-state index in [0.29, 0.717) is 18.1 Å². The van der Waals surface area contributed by atoms with Crippen LogP contribution in [0, 0.1) is 5.41 Å². The summed E-state index contributed by atoms with van der Waals surface area (Å²) in [6.07, 6.45) is 0.357. The maximum atomic E-state index is 12.0. The number of ether oxygens (including phenoxy) is 1. The van der Waals surface area contributed by atoms with Crippen LogP contribution in [-0.2, 0) is 16.0 Å². The van der Waals surface area contributed by atoms with Crippen molar-refractivity contribution in [1.82, 2.24) is 0 Å². The van der Waals surface area contributed by atoms with E-state index < -0.39 is 17.0 Å². The van der Waals surface area contributed by atoms with E-state index in [-0.39, 0.29) is 0 Å². The lowest BCUT2D eigenvalue weighted by Gasteiger charge is -2.38. The minimum Gasteiger partial charge on any atom is -0.465 e. The summed E-state index contributed by atoms with van der Waals surface area (Å²) in [6.45, 7) is 7.10. The highest BCUT2D eigenvalue weighted by Gasteiger charge is 2.46. The van der Waals surface area contributed by atoms with E-state index in [0.717, 1.165) is 5.56 Å². The van der Waals surface area contributed by atoms with Crippen molar-refractivity contribution in [2.75, 3.05) is 6.61 Å². The van der Waals surface area contributed by atoms with E-state index in [1.54, 1.807) is 39.8 Å². The average molecular weight is 285 g/mol. The Labute approximate surface area is 119 Å². The van der Waals surface area contributed by atoms with Crippen LogP contribution in [0.3, 0.4) is 0 Å². The van der Waals surface area contributed by atoms with Gasteiger partial charge >= 0.3 is 5.97 Å². The number of aliphatic hydroxyl groups is 1. The second-order valence-electron chi connectivity index (χ2n) is 5.42. The zero-order valence-corrected chi connectivity index (χ0v) is 12.6. The first-order chi connectivity index (χ1) is 8.70. The standard InChI is InChI=1S/C15H21ClO3/c1-5-19-13(17)14(2,3)15(4,18)10-11-6-8-12(16)9-7-11/h6-9,18H,5,10H2,1-4H3. The molecule has 19 heavy (non-hydrogen) atoms. The van der Waals surface area contributed by atoms with E-state index in [2.05, 4.69) is 0 Å². The van der Waals surface area contributed by atoms with Crippen LogP contribution in [0.5, 0.6) is 0 Å². The lowest BCUT2D eigenvalue weighted by Crippen LogP contribution is -2.49. The first kappa shape index (κ1) is 16.0. The fourth-order valence-electron chi connectivity index (χ4n) is 1.75. The smallest absolute Gasteiger partial charge is 0.314 e. The highest BCUT2D eigenvalue weighted by Crippen LogP contribution is 2.35. The Morgan fingerprint density at radius 3 is 2.26 bits per heavy atom. The molecule has 0 amide bonds. The van der Waals surface area contributed by atoms with Crippen LogP contribution in [0.15, 0.2) is 24.3 Å². The minimum atomic E-state index is -1.20. The fraction of sp³-hybridized carbons (Fsp3) is 0.533. The zero-order chi connectivity index (χ0) is 14.7. The molecule has 1 aromatic carbocycles. The van der Waals surface area contributed by atoms with Crippen LogP contribution < -0.4 is 0 Å². The normalized spacial score (nSPS) is 14.8. The van der Waals surface area contributed by atoms with E-state index in [4.69, 9.17) is 16.3 Å². The van der Waals surface area contributed by atoms with Crippen molar-refractivity contribution in [1.29, 1.82) is 0 Å². The van der Waals surface area contributed by atoms with Gasteiger partial charge in [0, 0.05) is 11.4 Å². The Morgan fingerprint density at radius 1 is 1.26 bits per heavy atom. The number of carbonyl (C=O) groups excluding carboxylic acids is 1. The monoisotopic (exact) mass is 284 g/mol. The molecule has 0 radical (unpaired) electrons. The van der Waals surface area contributed by atoms with Gasteiger partial charge in [0.25, 0.3) is 0 Å². The summed E-state index contributed by atoms with van der Waals surface area (Å²) in [5.41, 5.74) is -1.26. The van der Waals surface area contributed by atoms with Gasteiger partial charge in [0.2, 0.25) is 0 Å². The molecule has 1 unspecified atom stereocenters. The van der Waals surface area contributed by atoms with Crippen molar-refractivity contribution < 1.29 is 14.6 Å². The second kappa shape index (κ2) is 5.93. The molecule has 0 fully saturated rings. The summed E-state index contributed by atoms with van der Waals surface area (Å²) in [5, 5.41) is 11.3. The molecule has 0 bridgehead atoms. The summed E-state index contributed by atoms with van der Waals surface area (Å²) < 4.78 is 5.03. The Balaban J connectivity index is 2.90. The molecule has 4 heteroatoms. The van der Waals surface area contributed by atoms with Gasteiger partial charge in [-0.2, -0.15) is 0 Å². The molecule has 106 valence electrons. The molecule has 1 aromatic rings. The van der Waals surface area contributed by atoms with Gasteiger partial charge in [-0.3, -0.25) is 4.79 Å². The predicted molar refractivity (Wildman–Crippen MR) is 76.2 cm³/mol. The third kappa shape index (κ3) is 3.71. The van der Waals surface area contributed by atoms with Gasteiger partial charge in [0.1, 0.15) is 0 Å². The molecule has 1 atom stereocenters. The number of rotatable bonds is 5. The number of hydrogen-bond acceptors (Lipinski definition) is 3. The molecule has 1 N–H and O–H groups in total. The fourth-order valence-corrected chi connectivity index (χ4v) is 1.88. The van der Waals surface area contributed by atoms with Crippen molar-refractivity contribution in [2.24, 2.45) is 5.41 Å². The van der Waals surface area contributed by atoms with Crippen LogP contribution in [0.4, 0.5) is 0 Å². The highest BCUT2D eigenvalue weighted by molar-refractivity contribution is 6.30. The number of carbonyl (C=O) groups is 1. The molecule has 0 heterocycles. The molecular weight excluding hydrogens is 264 g/mol. The Morgan fingerprint density at radius 2 is 1.79 bits per heavy atom. The van der Waals surface area contributed by atoms with E-state index >= 15 is 0 Å².